The molecule has 0 radical (unpaired) electrons. The molecule has 156 valence electrons. The number of aliphatic imine (C=N–C) groups is 1. The minimum Gasteiger partial charge on any atom is -0.507 e. The fourth-order valence-corrected chi connectivity index (χ4v) is 4.19. The fraction of sp³-hybridized carbons (Fsp3) is 0.0870. The number of para-hydroxylation sites is 2. The number of hydrogen-bond donors (Lipinski definition) is 1. The van der Waals surface area contributed by atoms with E-state index in [1.54, 1.807) is 19.5 Å². The smallest absolute Gasteiger partial charge is 0.268 e. The lowest BCUT2D eigenvalue weighted by Crippen LogP contribution is -2.44. The van der Waals surface area contributed by atoms with Crippen molar-refractivity contribution in [2.75, 3.05) is 11.4 Å². The van der Waals surface area contributed by atoms with E-state index in [1.165, 1.54) is 11.0 Å². The molecule has 0 aliphatic carbocycles. The number of hydrogen-bond acceptors (Lipinski definition) is 5. The molecule has 3 aromatic rings. The van der Waals surface area contributed by atoms with Gasteiger partial charge in [0.15, 0.2) is 11.9 Å². The Hall–Kier alpha value is -2.31. The molecule has 0 saturated heterocycles. The van der Waals surface area contributed by atoms with E-state index in [1.807, 2.05) is 100 Å². The molecular formula is C23H17I2N3O3. The number of Topliss-reactive ketones (excluding diaryl/α,β-unsaturated/α-hetero) is 1. The summed E-state index contributed by atoms with van der Waals surface area (Å²) in [5.41, 5.74) is 3.13. The van der Waals surface area contributed by atoms with Crippen molar-refractivity contribution in [1.29, 1.82) is 0 Å². The number of ketones is 1. The number of nitrogens with zero attached hydrogens (tertiary/aromatic N) is 3. The van der Waals surface area contributed by atoms with Crippen molar-refractivity contribution in [2.24, 2.45) is 4.99 Å². The number of aromatic hydroxyl groups is 1. The second-order valence-corrected chi connectivity index (χ2v) is 10.8. The van der Waals surface area contributed by atoms with Crippen molar-refractivity contribution in [2.45, 2.75) is 6.17 Å². The van der Waals surface area contributed by atoms with Crippen LogP contribution in [0.5, 0.6) is 5.75 Å². The summed E-state index contributed by atoms with van der Waals surface area (Å²) < 4.78 is 1.67. The molecule has 0 fully saturated rings. The summed E-state index contributed by atoms with van der Waals surface area (Å²) in [5.74, 6) is -0.771. The van der Waals surface area contributed by atoms with Crippen LogP contribution in [0.3, 0.4) is 0 Å². The van der Waals surface area contributed by atoms with Crippen LogP contribution in [0, 0.1) is 0 Å². The zero-order valence-corrected chi connectivity index (χ0v) is 20.5. The number of anilines is 1. The van der Waals surface area contributed by atoms with Crippen LogP contribution in [-0.4, -0.2) is 36.5 Å². The number of fused-ring (bicyclic) bond motifs is 1. The Morgan fingerprint density at radius 2 is 1.61 bits per heavy atom. The van der Waals surface area contributed by atoms with Gasteiger partial charge in [0.2, 0.25) is 0 Å². The number of benzene rings is 3. The number of amides is 1. The van der Waals surface area contributed by atoms with Crippen LogP contribution in [0.25, 0.3) is 0 Å². The van der Waals surface area contributed by atoms with E-state index in [4.69, 9.17) is 4.99 Å². The molecule has 1 amide bonds. The van der Waals surface area contributed by atoms with Gasteiger partial charge in [0, 0.05) is 56.9 Å². The Kier molecular flexibility index (Phi) is 6.68. The molecular weight excluding hydrogens is 620 g/mol. The van der Waals surface area contributed by atoms with E-state index < -0.39 is 6.17 Å². The number of phenolic OH excluding ortho intramolecular Hbond substituents is 1. The number of benzodiazepines with no additional fused rings is 1. The molecule has 1 unspecified atom stereocenters. The lowest BCUT2D eigenvalue weighted by Gasteiger charge is -2.25. The highest BCUT2D eigenvalue weighted by molar-refractivity contribution is 14.2. The first kappa shape index (κ1) is 21.9. The van der Waals surface area contributed by atoms with Crippen LogP contribution in [0.15, 0.2) is 83.9 Å². The third kappa shape index (κ3) is 4.51. The normalized spacial score (nSPS) is 16.0. The predicted octanol–water partition coefficient (Wildman–Crippen LogP) is 4.79. The molecule has 1 heterocycles. The maximum Gasteiger partial charge on any atom is 0.268 e. The minimum atomic E-state index is -0.819. The monoisotopic (exact) mass is 637 g/mol. The van der Waals surface area contributed by atoms with Crippen molar-refractivity contribution in [3.63, 3.8) is 0 Å². The van der Waals surface area contributed by atoms with Crippen LogP contribution in [0.2, 0.25) is 0 Å². The van der Waals surface area contributed by atoms with Crippen molar-refractivity contribution >= 4 is 68.8 Å². The molecule has 31 heavy (non-hydrogen) atoms. The summed E-state index contributed by atoms with van der Waals surface area (Å²) in [5, 5.41) is 10.1. The molecule has 1 atom stereocenters. The lowest BCUT2D eigenvalue weighted by molar-refractivity contribution is -0.120. The molecule has 0 bridgehead atoms. The van der Waals surface area contributed by atoms with Gasteiger partial charge < -0.3 is 10.0 Å². The number of carbonyl (C=O) groups is 2. The van der Waals surface area contributed by atoms with Crippen molar-refractivity contribution < 1.29 is 14.7 Å². The van der Waals surface area contributed by atoms with E-state index in [-0.39, 0.29) is 29.5 Å². The highest BCUT2D eigenvalue weighted by atomic mass is 127. The summed E-state index contributed by atoms with van der Waals surface area (Å²) in [6, 6.07) is 23.5. The van der Waals surface area contributed by atoms with Gasteiger partial charge in [0.1, 0.15) is 5.75 Å². The van der Waals surface area contributed by atoms with Crippen LogP contribution < -0.4 is 4.90 Å². The molecule has 1 N–H and O–H groups in total. The van der Waals surface area contributed by atoms with Crippen LogP contribution in [0.4, 0.5) is 5.69 Å². The van der Waals surface area contributed by atoms with Gasteiger partial charge in [-0.25, -0.2) is 0 Å². The van der Waals surface area contributed by atoms with Crippen molar-refractivity contribution in [1.82, 2.24) is 1.33 Å². The van der Waals surface area contributed by atoms with E-state index in [2.05, 4.69) is 0 Å². The Morgan fingerprint density at radius 3 is 2.32 bits per heavy atom. The second kappa shape index (κ2) is 9.45. The second-order valence-electron chi connectivity index (χ2n) is 6.86. The average molecular weight is 637 g/mol. The molecule has 1 aliphatic heterocycles. The molecule has 8 heteroatoms. The van der Waals surface area contributed by atoms with Gasteiger partial charge in [-0.1, -0.05) is 60.7 Å². The Morgan fingerprint density at radius 1 is 0.968 bits per heavy atom. The zero-order chi connectivity index (χ0) is 22.0. The SMILES string of the molecule is O=C(CN1C(=O)C(N(I)I)N=C(c2ccccc2)c2ccccc21)c1ccccc1O. The molecule has 6 nitrogen and oxygen atoms in total. The number of carbonyl (C=O) groups excluding carboxylic acids is 2. The lowest BCUT2D eigenvalue weighted by atomic mass is 10.00. The van der Waals surface area contributed by atoms with E-state index >= 15 is 0 Å². The third-order valence-corrected chi connectivity index (χ3v) is 5.98. The number of halogens is 2. The first-order valence-corrected chi connectivity index (χ1v) is 11.4. The van der Waals surface area contributed by atoms with Gasteiger partial charge >= 0.3 is 0 Å². The van der Waals surface area contributed by atoms with Gasteiger partial charge in [-0.05, 0) is 18.2 Å². The maximum absolute atomic E-state index is 13.5. The molecule has 0 saturated carbocycles. The number of rotatable bonds is 5. The van der Waals surface area contributed by atoms with Gasteiger partial charge in [-0.15, -0.1) is 0 Å². The van der Waals surface area contributed by atoms with Crippen molar-refractivity contribution in [3.8, 4) is 5.75 Å². The molecule has 3 aromatic carbocycles. The molecule has 0 spiro atoms. The predicted molar refractivity (Wildman–Crippen MR) is 137 cm³/mol. The minimum absolute atomic E-state index is 0.106. The Balaban J connectivity index is 1.83. The number of phenols is 1. The molecule has 0 aromatic heterocycles. The van der Waals surface area contributed by atoms with Gasteiger partial charge in [-0.3, -0.25) is 14.6 Å². The van der Waals surface area contributed by atoms with Crippen LogP contribution in [-0.2, 0) is 4.79 Å². The average Bonchev–Trinajstić information content (AvgIpc) is 2.90. The summed E-state index contributed by atoms with van der Waals surface area (Å²) in [6.45, 7) is -0.206. The van der Waals surface area contributed by atoms with Crippen LogP contribution in [0.1, 0.15) is 21.5 Å². The highest BCUT2D eigenvalue weighted by Crippen LogP contribution is 2.31. The zero-order valence-electron chi connectivity index (χ0n) is 16.2. The molecule has 4 rings (SSSR count). The first-order valence-electron chi connectivity index (χ1n) is 9.43. The fourth-order valence-electron chi connectivity index (χ4n) is 3.47. The standard InChI is InChI=1S/C23H17I2N3O3/c24-28(25)22-23(31)27(14-20(30)17-11-5-7-13-19(17)29)18-12-6-4-10-16(18)21(26-22)15-8-2-1-3-9-15/h1-13,22,29H,14H2. The summed E-state index contributed by atoms with van der Waals surface area (Å²) in [7, 11) is 0. The summed E-state index contributed by atoms with van der Waals surface area (Å²) in [6.07, 6.45) is -0.819. The quantitative estimate of drug-likeness (QED) is 0.249. The van der Waals surface area contributed by atoms with Gasteiger partial charge in [-0.2, -0.15) is 1.33 Å². The Bertz CT molecular complexity index is 1170. The topological polar surface area (TPSA) is 73.2 Å². The maximum atomic E-state index is 13.5. The Labute approximate surface area is 207 Å². The van der Waals surface area contributed by atoms with Crippen LogP contribution >= 0.6 is 45.7 Å². The van der Waals surface area contributed by atoms with E-state index in [9.17, 15) is 14.7 Å². The summed E-state index contributed by atoms with van der Waals surface area (Å²) >= 11 is 4.05. The highest BCUT2D eigenvalue weighted by Gasteiger charge is 2.35. The largest absolute Gasteiger partial charge is 0.507 e. The van der Waals surface area contributed by atoms with Gasteiger partial charge in [0.25, 0.3) is 5.91 Å². The van der Waals surface area contributed by atoms with Crippen molar-refractivity contribution in [3.05, 3.63) is 95.6 Å². The summed E-state index contributed by atoms with van der Waals surface area (Å²) in [4.78, 5) is 32.8. The van der Waals surface area contributed by atoms with E-state index in [0.29, 0.717) is 11.4 Å². The molecule has 1 aliphatic rings. The van der Waals surface area contributed by atoms with Gasteiger partial charge in [0.05, 0.1) is 23.5 Å². The third-order valence-electron chi connectivity index (χ3n) is 4.93. The first-order chi connectivity index (χ1) is 15.0. The van der Waals surface area contributed by atoms with E-state index in [0.717, 1.165) is 11.1 Å².